The molecule has 1 aliphatic carbocycles. The van der Waals surface area contributed by atoms with Crippen LogP contribution in [-0.2, 0) is 10.3 Å². The summed E-state index contributed by atoms with van der Waals surface area (Å²) in [5, 5.41) is 23.9. The summed E-state index contributed by atoms with van der Waals surface area (Å²) in [6.07, 6.45) is 11.6. The normalized spacial score (nSPS) is 31.0. The first-order chi connectivity index (χ1) is 16.4. The van der Waals surface area contributed by atoms with Crippen LogP contribution in [0.5, 0.6) is 0 Å². The predicted molar refractivity (Wildman–Crippen MR) is 133 cm³/mol. The average molecular weight is 473 g/mol. The number of benzene rings is 1. The van der Waals surface area contributed by atoms with Gasteiger partial charge in [-0.25, -0.2) is 4.98 Å². The maximum atomic E-state index is 12.9. The molecule has 3 N–H and O–H groups in total. The van der Waals surface area contributed by atoms with E-state index in [0.29, 0.717) is 18.5 Å². The molecular formula is C28H32N4O3. The van der Waals surface area contributed by atoms with Gasteiger partial charge in [-0.2, -0.15) is 5.26 Å². The topological polar surface area (TPSA) is 111 Å². The van der Waals surface area contributed by atoms with Gasteiger partial charge in [-0.3, -0.25) is 4.79 Å². The molecule has 0 saturated carbocycles. The number of H-pyrrole nitrogens is 1. The van der Waals surface area contributed by atoms with Crippen LogP contribution in [0.2, 0.25) is 0 Å². The number of anilines is 1. The summed E-state index contributed by atoms with van der Waals surface area (Å²) in [6.45, 7) is 8.55. The highest BCUT2D eigenvalue weighted by Gasteiger charge is 2.53. The van der Waals surface area contributed by atoms with Crippen LogP contribution in [0.3, 0.4) is 0 Å². The van der Waals surface area contributed by atoms with Gasteiger partial charge < -0.3 is 20.1 Å². The fourth-order valence-electron chi connectivity index (χ4n) is 5.78. The highest BCUT2D eigenvalue weighted by Crippen LogP contribution is 2.52. The molecule has 5 rings (SSSR count). The minimum Gasteiger partial charge on any atom is -0.385 e. The van der Waals surface area contributed by atoms with Gasteiger partial charge in [0.05, 0.1) is 16.8 Å². The number of carbonyl (C=O) groups is 1. The number of imidazole rings is 1. The number of amides is 1. The third-order valence-corrected chi connectivity index (χ3v) is 7.57. The molecule has 7 heteroatoms. The second kappa shape index (κ2) is 7.91. The van der Waals surface area contributed by atoms with E-state index in [4.69, 9.17) is 10.00 Å². The van der Waals surface area contributed by atoms with Gasteiger partial charge in [0.1, 0.15) is 6.07 Å². The van der Waals surface area contributed by atoms with Crippen LogP contribution in [0.4, 0.5) is 5.69 Å². The molecule has 2 aliphatic heterocycles. The zero-order valence-corrected chi connectivity index (χ0v) is 20.7. The number of aromatic nitrogens is 2. The van der Waals surface area contributed by atoms with Crippen molar-refractivity contribution in [3.8, 4) is 6.07 Å². The van der Waals surface area contributed by atoms with E-state index in [1.54, 1.807) is 0 Å². The van der Waals surface area contributed by atoms with Crippen molar-refractivity contribution < 1.29 is 14.6 Å². The van der Waals surface area contributed by atoms with Crippen molar-refractivity contribution in [2.75, 3.05) is 5.32 Å². The second-order valence-electron chi connectivity index (χ2n) is 11.5. The summed E-state index contributed by atoms with van der Waals surface area (Å²) < 4.78 is 6.22. The van der Waals surface area contributed by atoms with Gasteiger partial charge in [-0.05, 0) is 61.8 Å². The number of nitriles is 1. The van der Waals surface area contributed by atoms with Gasteiger partial charge >= 0.3 is 0 Å². The average Bonchev–Trinajstić information content (AvgIpc) is 3.35. The number of fused-ring (bicyclic) bond motifs is 2. The van der Waals surface area contributed by atoms with Crippen LogP contribution in [-0.4, -0.2) is 32.2 Å². The molecule has 2 bridgehead atoms. The maximum Gasteiger partial charge on any atom is 0.291 e. The second-order valence-corrected chi connectivity index (χ2v) is 11.5. The van der Waals surface area contributed by atoms with E-state index in [2.05, 4.69) is 47.4 Å². The first-order valence-electron chi connectivity index (χ1n) is 12.2. The smallest absolute Gasteiger partial charge is 0.291 e. The van der Waals surface area contributed by atoms with Crippen LogP contribution in [0.15, 0.2) is 42.6 Å². The molecule has 0 spiro atoms. The Kier molecular flexibility index (Phi) is 5.31. The lowest BCUT2D eigenvalue weighted by atomic mass is 9.74. The molecule has 35 heavy (non-hydrogen) atoms. The molecule has 1 amide bonds. The summed E-state index contributed by atoms with van der Waals surface area (Å²) in [7, 11) is 0. The number of hydrogen-bond donors (Lipinski definition) is 3. The van der Waals surface area contributed by atoms with E-state index in [9.17, 15) is 9.90 Å². The minimum absolute atomic E-state index is 0.0851. The van der Waals surface area contributed by atoms with E-state index < -0.39 is 22.7 Å². The Balaban J connectivity index is 1.52. The molecule has 7 nitrogen and oxygen atoms in total. The van der Waals surface area contributed by atoms with Crippen LogP contribution in [0.25, 0.3) is 5.57 Å². The molecule has 3 atom stereocenters. The minimum atomic E-state index is -1.06. The first-order valence-corrected chi connectivity index (χ1v) is 12.2. The van der Waals surface area contributed by atoms with Gasteiger partial charge in [0.2, 0.25) is 0 Å². The lowest BCUT2D eigenvalue weighted by molar-refractivity contribution is -0.186. The van der Waals surface area contributed by atoms with Crippen LogP contribution in [0.1, 0.15) is 87.2 Å². The van der Waals surface area contributed by atoms with Crippen LogP contribution < -0.4 is 5.32 Å². The zero-order chi connectivity index (χ0) is 25.1. The van der Waals surface area contributed by atoms with Crippen molar-refractivity contribution in [3.63, 3.8) is 0 Å². The van der Waals surface area contributed by atoms with Crippen molar-refractivity contribution in [1.82, 2.24) is 9.97 Å². The van der Waals surface area contributed by atoms with E-state index in [1.807, 2.05) is 38.1 Å². The van der Waals surface area contributed by atoms with Gasteiger partial charge in [-0.15, -0.1) is 0 Å². The highest BCUT2D eigenvalue weighted by molar-refractivity contribution is 6.03. The van der Waals surface area contributed by atoms with Gasteiger partial charge in [0, 0.05) is 30.3 Å². The lowest BCUT2D eigenvalue weighted by Crippen LogP contribution is -2.49. The number of aliphatic hydroxyl groups is 1. The summed E-state index contributed by atoms with van der Waals surface area (Å²) in [6, 6.07) is 7.72. The number of nitrogens with one attached hydrogen (secondary N) is 2. The third kappa shape index (κ3) is 4.44. The number of aromatic amines is 1. The Hall–Kier alpha value is -3.21. The lowest BCUT2D eigenvalue weighted by Gasteiger charge is -2.46. The quantitative estimate of drug-likeness (QED) is 0.529. The van der Waals surface area contributed by atoms with Crippen LogP contribution in [0, 0.1) is 16.7 Å². The van der Waals surface area contributed by atoms with Crippen molar-refractivity contribution in [2.45, 2.75) is 76.6 Å². The van der Waals surface area contributed by atoms with Gasteiger partial charge in [0.15, 0.2) is 11.5 Å². The number of rotatable bonds is 4. The monoisotopic (exact) mass is 472 g/mol. The van der Waals surface area contributed by atoms with Crippen molar-refractivity contribution in [2.24, 2.45) is 5.41 Å². The van der Waals surface area contributed by atoms with E-state index in [1.165, 1.54) is 6.20 Å². The molecule has 2 aromatic rings. The van der Waals surface area contributed by atoms with E-state index in [-0.39, 0.29) is 16.9 Å². The molecule has 3 aliphatic rings. The molecule has 0 unspecified atom stereocenters. The molecule has 0 radical (unpaired) electrons. The molecular weight excluding hydrogens is 440 g/mol. The molecule has 182 valence electrons. The molecule has 1 saturated heterocycles. The van der Waals surface area contributed by atoms with E-state index in [0.717, 1.165) is 36.0 Å². The van der Waals surface area contributed by atoms with Crippen molar-refractivity contribution >= 4 is 17.2 Å². The van der Waals surface area contributed by atoms with Gasteiger partial charge in [-0.1, -0.05) is 38.1 Å². The zero-order valence-electron chi connectivity index (χ0n) is 20.7. The van der Waals surface area contributed by atoms with Gasteiger partial charge in [0.25, 0.3) is 5.91 Å². The summed E-state index contributed by atoms with van der Waals surface area (Å²) >= 11 is 0. The Morgan fingerprint density at radius 1 is 1.20 bits per heavy atom. The largest absolute Gasteiger partial charge is 0.385 e. The third-order valence-electron chi connectivity index (χ3n) is 7.57. The van der Waals surface area contributed by atoms with E-state index >= 15 is 0 Å². The summed E-state index contributed by atoms with van der Waals surface area (Å²) in [5.74, 6) is -0.328. The Morgan fingerprint density at radius 2 is 1.91 bits per heavy atom. The van der Waals surface area contributed by atoms with Crippen molar-refractivity contribution in [1.29, 1.82) is 5.26 Å². The Labute approximate surface area is 205 Å². The Bertz CT molecular complexity index is 1280. The number of ether oxygens (including phenoxy) is 1. The molecule has 1 aromatic heterocycles. The van der Waals surface area contributed by atoms with Crippen molar-refractivity contribution in [3.05, 3.63) is 65.3 Å². The fraction of sp³-hybridized carbons (Fsp3) is 0.464. The summed E-state index contributed by atoms with van der Waals surface area (Å²) in [4.78, 5) is 19.7. The Morgan fingerprint density at radius 3 is 2.51 bits per heavy atom. The predicted octanol–water partition coefficient (Wildman–Crippen LogP) is 5.21. The number of nitrogens with zero attached hydrogens (tertiary/aromatic N) is 2. The SMILES string of the molecule is CC1(C)CC=C(c2cc([C@@]3(O)C[C@]4(C)C=C[C@](C)(C3)O4)ccc2NC(=O)c2nc(C#N)c[nH]2)CC1. The standard InChI is InChI=1S/C28H32N4O3/c1-25(2)9-7-18(8-10-25)21-13-19(28(34)16-26(3)11-12-27(4,17-28)35-26)5-6-22(21)32-24(33)23-30-15-20(14-29)31-23/h5-7,11-13,15,34H,8-10,16-17H2,1-4H3,(H,30,31)(H,32,33)/t26-,27+,28+. The maximum absolute atomic E-state index is 12.9. The number of allylic oxidation sites excluding steroid dienone is 2. The molecule has 1 fully saturated rings. The van der Waals surface area contributed by atoms with Crippen LogP contribution >= 0.6 is 0 Å². The molecule has 1 aromatic carbocycles. The fourth-order valence-corrected chi connectivity index (χ4v) is 5.78. The summed E-state index contributed by atoms with van der Waals surface area (Å²) in [5.41, 5.74) is 1.87. The highest BCUT2D eigenvalue weighted by atomic mass is 16.5. The number of carbonyl (C=O) groups excluding carboxylic acids is 1. The number of hydrogen-bond acceptors (Lipinski definition) is 5. The molecule has 3 heterocycles. The first kappa shape index (κ1) is 23.5.